The number of carbonyl (C=O) groups excluding carboxylic acids is 2. The van der Waals surface area contributed by atoms with Crippen LogP contribution in [0.5, 0.6) is 5.75 Å². The van der Waals surface area contributed by atoms with Crippen molar-refractivity contribution in [3.63, 3.8) is 0 Å². The standard InChI is InChI=1S/C34H44BrNO7Si/c1-32(2,3)44(9,10)41-19-27-26(42-34(6,7)43-27)18-40-21-12-14-22-24(16-21)33(4,5)31-29(30(22)38)23-13-11-20(35)15-25(23)36(31)17-28(37)39-8/h11-16,26-27H,17-19H2,1-10H3/t26-,27+/m1/s1. The van der Waals surface area contributed by atoms with Crippen molar-refractivity contribution in [1.82, 2.24) is 4.57 Å². The van der Waals surface area contributed by atoms with Gasteiger partial charge in [0.2, 0.25) is 0 Å². The number of aromatic nitrogens is 1. The van der Waals surface area contributed by atoms with Crippen LogP contribution in [0, 0.1) is 0 Å². The van der Waals surface area contributed by atoms with E-state index in [2.05, 4.69) is 63.6 Å². The maximum Gasteiger partial charge on any atom is 0.325 e. The molecule has 44 heavy (non-hydrogen) atoms. The molecule has 0 bridgehead atoms. The van der Waals surface area contributed by atoms with E-state index >= 15 is 0 Å². The SMILES string of the molecule is COC(=O)Cn1c2c(c3ccc(Br)cc31)C(=O)c1ccc(OC[C@H]3OC(C)(C)O[C@H]3CO[Si](C)(C)C(C)(C)C)cc1C2(C)C. The van der Waals surface area contributed by atoms with E-state index < -0.39 is 19.5 Å². The second kappa shape index (κ2) is 11.4. The normalized spacial score (nSPS) is 20.8. The number of hydrogen-bond acceptors (Lipinski definition) is 7. The number of halogens is 1. The fraction of sp³-hybridized carbons (Fsp3) is 0.529. The molecule has 2 atom stereocenters. The van der Waals surface area contributed by atoms with E-state index in [4.69, 9.17) is 23.4 Å². The lowest BCUT2D eigenvalue weighted by atomic mass is 9.71. The summed E-state index contributed by atoms with van der Waals surface area (Å²) in [6.45, 7) is 19.8. The topological polar surface area (TPSA) is 85.2 Å². The van der Waals surface area contributed by atoms with E-state index in [1.165, 1.54) is 7.11 Å². The summed E-state index contributed by atoms with van der Waals surface area (Å²) < 4.78 is 33.1. The summed E-state index contributed by atoms with van der Waals surface area (Å²) in [5.74, 6) is -0.583. The Morgan fingerprint density at radius 1 is 1.02 bits per heavy atom. The van der Waals surface area contributed by atoms with E-state index in [0.29, 0.717) is 23.5 Å². The maximum absolute atomic E-state index is 14.1. The van der Waals surface area contributed by atoms with E-state index in [1.54, 1.807) is 0 Å². The van der Waals surface area contributed by atoms with Crippen LogP contribution < -0.4 is 4.74 Å². The lowest BCUT2D eigenvalue weighted by Crippen LogP contribution is -2.44. The number of ketones is 1. The second-order valence-electron chi connectivity index (χ2n) is 14.3. The molecule has 2 aliphatic rings. The zero-order chi connectivity index (χ0) is 32.4. The zero-order valence-electron chi connectivity index (χ0n) is 27.4. The minimum absolute atomic E-state index is 0.00579. The van der Waals surface area contributed by atoms with Crippen LogP contribution in [0.25, 0.3) is 10.9 Å². The Bertz CT molecular complexity index is 1620. The first-order valence-corrected chi connectivity index (χ1v) is 18.8. The van der Waals surface area contributed by atoms with Crippen molar-refractivity contribution >= 4 is 46.9 Å². The molecule has 1 fully saturated rings. The molecule has 1 aliphatic carbocycles. The molecular weight excluding hydrogens is 642 g/mol. The molecule has 5 rings (SSSR count). The number of fused-ring (bicyclic) bond motifs is 4. The number of esters is 1. The van der Waals surface area contributed by atoms with Crippen molar-refractivity contribution in [2.24, 2.45) is 0 Å². The molecule has 0 N–H and O–H groups in total. The van der Waals surface area contributed by atoms with Crippen molar-refractivity contribution in [1.29, 1.82) is 0 Å². The number of carbonyl (C=O) groups is 2. The molecule has 3 aromatic rings. The van der Waals surface area contributed by atoms with Crippen LogP contribution in [0.1, 0.15) is 75.6 Å². The third-order valence-electron chi connectivity index (χ3n) is 9.38. The molecule has 0 amide bonds. The van der Waals surface area contributed by atoms with Gasteiger partial charge in [0.1, 0.15) is 31.1 Å². The van der Waals surface area contributed by atoms with Crippen molar-refractivity contribution < 1.29 is 33.0 Å². The average Bonchev–Trinajstić information content (AvgIpc) is 3.42. The summed E-state index contributed by atoms with van der Waals surface area (Å²) in [6, 6.07) is 11.4. The molecule has 0 saturated carbocycles. The predicted octanol–water partition coefficient (Wildman–Crippen LogP) is 7.37. The van der Waals surface area contributed by atoms with E-state index in [9.17, 15) is 9.59 Å². The van der Waals surface area contributed by atoms with Crippen LogP contribution in [0.3, 0.4) is 0 Å². The molecule has 1 aromatic heterocycles. The van der Waals surface area contributed by atoms with Gasteiger partial charge in [0.25, 0.3) is 0 Å². The van der Waals surface area contributed by atoms with Gasteiger partial charge in [-0.15, -0.1) is 0 Å². The van der Waals surface area contributed by atoms with E-state index in [1.807, 2.05) is 54.8 Å². The van der Waals surface area contributed by atoms with Gasteiger partial charge in [-0.3, -0.25) is 9.59 Å². The summed E-state index contributed by atoms with van der Waals surface area (Å²) in [5, 5.41) is 0.892. The van der Waals surface area contributed by atoms with Gasteiger partial charge in [-0.1, -0.05) is 56.6 Å². The molecule has 0 unspecified atom stereocenters. The van der Waals surface area contributed by atoms with E-state index in [-0.39, 0.29) is 42.2 Å². The molecule has 0 radical (unpaired) electrons. The van der Waals surface area contributed by atoms with E-state index in [0.717, 1.165) is 26.6 Å². The van der Waals surface area contributed by atoms with Gasteiger partial charge in [0.05, 0.1) is 24.8 Å². The molecule has 0 spiro atoms. The van der Waals surface area contributed by atoms with Crippen LogP contribution in [0.15, 0.2) is 40.9 Å². The highest BCUT2D eigenvalue weighted by Gasteiger charge is 2.45. The van der Waals surface area contributed by atoms with Crippen LogP contribution in [-0.4, -0.2) is 63.0 Å². The van der Waals surface area contributed by atoms with Crippen LogP contribution in [-0.2, 0) is 35.4 Å². The summed E-state index contributed by atoms with van der Waals surface area (Å²) in [7, 11) is -0.608. The predicted molar refractivity (Wildman–Crippen MR) is 176 cm³/mol. The minimum Gasteiger partial charge on any atom is -0.491 e. The molecule has 1 saturated heterocycles. The van der Waals surface area contributed by atoms with Crippen molar-refractivity contribution in [3.05, 3.63) is 63.3 Å². The molecule has 238 valence electrons. The Balaban J connectivity index is 1.44. The van der Waals surface area contributed by atoms with Crippen molar-refractivity contribution in [2.45, 2.75) is 96.6 Å². The van der Waals surface area contributed by atoms with Crippen molar-refractivity contribution in [3.8, 4) is 5.75 Å². The quantitative estimate of drug-likeness (QED) is 0.181. The third-order valence-corrected chi connectivity index (χ3v) is 14.4. The van der Waals surface area contributed by atoms with Gasteiger partial charge in [0, 0.05) is 26.5 Å². The third kappa shape index (κ3) is 5.91. The molecule has 1 aliphatic heterocycles. The summed E-state index contributed by atoms with van der Waals surface area (Å²) in [5.41, 5.74) is 3.03. The summed E-state index contributed by atoms with van der Waals surface area (Å²) in [4.78, 5) is 26.6. The highest BCUT2D eigenvalue weighted by molar-refractivity contribution is 9.10. The molecule has 10 heteroatoms. The van der Waals surface area contributed by atoms with Gasteiger partial charge < -0.3 is 27.9 Å². The highest BCUT2D eigenvalue weighted by Crippen LogP contribution is 2.47. The fourth-order valence-electron chi connectivity index (χ4n) is 6.03. The largest absolute Gasteiger partial charge is 0.491 e. The lowest BCUT2D eigenvalue weighted by Gasteiger charge is -2.37. The molecular formula is C34H44BrNO7Si. The number of benzene rings is 2. The lowest BCUT2D eigenvalue weighted by molar-refractivity contribution is -0.150. The Labute approximate surface area is 269 Å². The Morgan fingerprint density at radius 2 is 1.68 bits per heavy atom. The van der Waals surface area contributed by atoms with Crippen LogP contribution in [0.4, 0.5) is 0 Å². The van der Waals surface area contributed by atoms with Crippen LogP contribution >= 0.6 is 15.9 Å². The average molecular weight is 687 g/mol. The van der Waals surface area contributed by atoms with Gasteiger partial charge in [-0.05, 0) is 67.9 Å². The summed E-state index contributed by atoms with van der Waals surface area (Å²) >= 11 is 3.55. The molecule has 2 heterocycles. The Hall–Kier alpha value is -2.50. The smallest absolute Gasteiger partial charge is 0.325 e. The zero-order valence-corrected chi connectivity index (χ0v) is 30.0. The monoisotopic (exact) mass is 685 g/mol. The summed E-state index contributed by atoms with van der Waals surface area (Å²) in [6.07, 6.45) is -0.598. The van der Waals surface area contributed by atoms with Crippen molar-refractivity contribution in [2.75, 3.05) is 20.3 Å². The Kier molecular flexibility index (Phi) is 8.51. The number of methoxy groups -OCH3 is 1. The fourth-order valence-corrected chi connectivity index (χ4v) is 7.39. The van der Waals surface area contributed by atoms with Gasteiger partial charge in [-0.2, -0.15) is 0 Å². The second-order valence-corrected chi connectivity index (χ2v) is 20.0. The first-order valence-electron chi connectivity index (χ1n) is 15.1. The van der Waals surface area contributed by atoms with Gasteiger partial charge in [-0.25, -0.2) is 0 Å². The first kappa shape index (κ1) is 32.9. The Morgan fingerprint density at radius 3 is 2.32 bits per heavy atom. The minimum atomic E-state index is -1.98. The molecule has 8 nitrogen and oxygen atoms in total. The molecule has 2 aromatic carbocycles. The number of nitrogens with zero attached hydrogens (tertiary/aromatic N) is 1. The number of hydrogen-bond donors (Lipinski definition) is 0. The van der Waals surface area contributed by atoms with Gasteiger partial charge >= 0.3 is 5.97 Å². The maximum atomic E-state index is 14.1. The first-order chi connectivity index (χ1) is 20.4. The van der Waals surface area contributed by atoms with Gasteiger partial charge in [0.15, 0.2) is 19.9 Å². The highest BCUT2D eigenvalue weighted by atomic mass is 79.9. The van der Waals surface area contributed by atoms with Crippen LogP contribution in [0.2, 0.25) is 18.1 Å². The number of ether oxygens (including phenoxy) is 4. The number of rotatable bonds is 8.